The van der Waals surface area contributed by atoms with E-state index in [0.717, 1.165) is 31.6 Å². The molecule has 0 saturated carbocycles. The predicted molar refractivity (Wildman–Crippen MR) is 55.4 cm³/mol. The molecule has 80 valence electrons. The monoisotopic (exact) mass is 216 g/mol. The van der Waals surface area contributed by atoms with Gasteiger partial charge in [0.05, 0.1) is 6.04 Å². The molecule has 2 N–H and O–H groups in total. The van der Waals surface area contributed by atoms with Crippen molar-refractivity contribution in [3.8, 4) is 0 Å². The number of hydrogen-bond donors (Lipinski definition) is 2. The van der Waals surface area contributed by atoms with E-state index in [1.807, 2.05) is 0 Å². The SMILES string of the molecule is O=C(NC1CCS(=O)C1)[C@@H]1CCCN1. The zero-order valence-electron chi connectivity index (χ0n) is 8.12. The Labute approximate surface area is 86.3 Å². The van der Waals surface area contributed by atoms with Crippen molar-refractivity contribution in [2.24, 2.45) is 0 Å². The van der Waals surface area contributed by atoms with Gasteiger partial charge in [0.2, 0.25) is 5.91 Å². The summed E-state index contributed by atoms with van der Waals surface area (Å²) < 4.78 is 11.1. The summed E-state index contributed by atoms with van der Waals surface area (Å²) in [7, 11) is -0.706. The van der Waals surface area contributed by atoms with Crippen LogP contribution in [0.15, 0.2) is 0 Å². The zero-order valence-corrected chi connectivity index (χ0v) is 8.94. The fourth-order valence-corrected chi connectivity index (χ4v) is 3.40. The van der Waals surface area contributed by atoms with E-state index in [1.54, 1.807) is 0 Å². The molecule has 0 spiro atoms. The first-order chi connectivity index (χ1) is 6.75. The van der Waals surface area contributed by atoms with E-state index in [4.69, 9.17) is 0 Å². The summed E-state index contributed by atoms with van der Waals surface area (Å²) in [6.07, 6.45) is 2.88. The van der Waals surface area contributed by atoms with Crippen molar-refractivity contribution in [1.82, 2.24) is 10.6 Å². The highest BCUT2D eigenvalue weighted by Crippen LogP contribution is 2.10. The third kappa shape index (κ3) is 2.33. The van der Waals surface area contributed by atoms with Crippen molar-refractivity contribution in [2.45, 2.75) is 31.3 Å². The molecule has 0 aromatic carbocycles. The third-order valence-electron chi connectivity index (χ3n) is 2.80. The molecular weight excluding hydrogens is 200 g/mol. The van der Waals surface area contributed by atoms with Crippen molar-refractivity contribution >= 4 is 16.7 Å². The van der Waals surface area contributed by atoms with Crippen LogP contribution in [0.4, 0.5) is 0 Å². The van der Waals surface area contributed by atoms with Gasteiger partial charge in [-0.3, -0.25) is 9.00 Å². The van der Waals surface area contributed by atoms with Gasteiger partial charge in [-0.1, -0.05) is 0 Å². The number of nitrogens with one attached hydrogen (secondary N) is 2. The maximum atomic E-state index is 11.6. The number of carbonyl (C=O) groups excluding carboxylic acids is 1. The molecule has 2 fully saturated rings. The summed E-state index contributed by atoms with van der Waals surface area (Å²) in [5.74, 6) is 1.47. The molecule has 14 heavy (non-hydrogen) atoms. The first kappa shape index (κ1) is 10.1. The molecule has 3 atom stereocenters. The Hall–Kier alpha value is -0.420. The first-order valence-corrected chi connectivity index (χ1v) is 6.63. The van der Waals surface area contributed by atoms with E-state index in [9.17, 15) is 9.00 Å². The molecule has 0 bridgehead atoms. The van der Waals surface area contributed by atoms with Gasteiger partial charge < -0.3 is 10.6 Å². The molecule has 2 aliphatic heterocycles. The third-order valence-corrected chi connectivity index (χ3v) is 4.27. The van der Waals surface area contributed by atoms with Crippen LogP contribution in [-0.2, 0) is 15.6 Å². The minimum atomic E-state index is -0.706. The lowest BCUT2D eigenvalue weighted by molar-refractivity contribution is -0.123. The van der Waals surface area contributed by atoms with Gasteiger partial charge >= 0.3 is 0 Å². The maximum Gasteiger partial charge on any atom is 0.237 e. The summed E-state index contributed by atoms with van der Waals surface area (Å²) in [6, 6.07) is 0.134. The van der Waals surface area contributed by atoms with Gasteiger partial charge in [-0.25, -0.2) is 0 Å². The highest BCUT2D eigenvalue weighted by atomic mass is 32.2. The Morgan fingerprint density at radius 3 is 2.86 bits per heavy atom. The van der Waals surface area contributed by atoms with Crippen molar-refractivity contribution in [1.29, 1.82) is 0 Å². The lowest BCUT2D eigenvalue weighted by Crippen LogP contribution is -2.45. The molecule has 2 rings (SSSR count). The number of amides is 1. The van der Waals surface area contributed by atoms with Crippen LogP contribution >= 0.6 is 0 Å². The number of rotatable bonds is 2. The minimum absolute atomic E-state index is 0.0102. The molecule has 1 amide bonds. The van der Waals surface area contributed by atoms with Gasteiger partial charge in [-0.2, -0.15) is 0 Å². The van der Waals surface area contributed by atoms with E-state index in [2.05, 4.69) is 10.6 Å². The highest BCUT2D eigenvalue weighted by Gasteiger charge is 2.27. The molecule has 0 aliphatic carbocycles. The van der Waals surface area contributed by atoms with E-state index >= 15 is 0 Å². The van der Waals surface area contributed by atoms with E-state index in [1.165, 1.54) is 0 Å². The maximum absolute atomic E-state index is 11.6. The minimum Gasteiger partial charge on any atom is -0.351 e. The molecular formula is C9H16N2O2S. The fraction of sp³-hybridized carbons (Fsp3) is 0.889. The van der Waals surface area contributed by atoms with Crippen LogP contribution < -0.4 is 10.6 Å². The molecule has 2 saturated heterocycles. The van der Waals surface area contributed by atoms with Crippen LogP contribution in [0.5, 0.6) is 0 Å². The van der Waals surface area contributed by atoms with Gasteiger partial charge in [0.15, 0.2) is 0 Å². The van der Waals surface area contributed by atoms with Crippen molar-refractivity contribution in [3.05, 3.63) is 0 Å². The van der Waals surface area contributed by atoms with E-state index in [-0.39, 0.29) is 18.0 Å². The van der Waals surface area contributed by atoms with Gasteiger partial charge in [-0.15, -0.1) is 0 Å². The van der Waals surface area contributed by atoms with Crippen LogP contribution in [0.25, 0.3) is 0 Å². The van der Waals surface area contributed by atoms with Crippen LogP contribution in [-0.4, -0.2) is 40.3 Å². The fourth-order valence-electron chi connectivity index (χ4n) is 1.99. The molecule has 0 aromatic heterocycles. The normalized spacial score (nSPS) is 37.3. The van der Waals surface area contributed by atoms with Crippen LogP contribution in [0.2, 0.25) is 0 Å². The highest BCUT2D eigenvalue weighted by molar-refractivity contribution is 7.85. The average molecular weight is 216 g/mol. The zero-order chi connectivity index (χ0) is 9.97. The van der Waals surface area contributed by atoms with Gasteiger partial charge in [0, 0.05) is 28.3 Å². The molecule has 2 unspecified atom stereocenters. The molecule has 0 radical (unpaired) electrons. The second-order valence-corrected chi connectivity index (χ2v) is 5.57. The molecule has 0 aromatic rings. The van der Waals surface area contributed by atoms with E-state index in [0.29, 0.717) is 5.75 Å². The molecule has 2 aliphatic rings. The lowest BCUT2D eigenvalue weighted by Gasteiger charge is -2.15. The smallest absolute Gasteiger partial charge is 0.237 e. The summed E-state index contributed by atoms with van der Waals surface area (Å²) in [6.45, 7) is 0.939. The van der Waals surface area contributed by atoms with Crippen molar-refractivity contribution < 1.29 is 9.00 Å². The van der Waals surface area contributed by atoms with Crippen molar-refractivity contribution in [3.63, 3.8) is 0 Å². The summed E-state index contributed by atoms with van der Waals surface area (Å²) >= 11 is 0. The Kier molecular flexibility index (Phi) is 3.18. The second-order valence-electron chi connectivity index (χ2n) is 3.95. The van der Waals surface area contributed by atoms with Gasteiger partial charge in [0.1, 0.15) is 0 Å². The summed E-state index contributed by atoms with van der Waals surface area (Å²) in [4.78, 5) is 11.6. The summed E-state index contributed by atoms with van der Waals surface area (Å²) in [5, 5.41) is 6.11. The topological polar surface area (TPSA) is 58.2 Å². The largest absolute Gasteiger partial charge is 0.351 e. The Morgan fingerprint density at radius 2 is 2.29 bits per heavy atom. The Bertz CT molecular complexity index is 251. The molecule has 4 nitrogen and oxygen atoms in total. The quantitative estimate of drug-likeness (QED) is 0.646. The lowest BCUT2D eigenvalue weighted by atomic mass is 10.2. The van der Waals surface area contributed by atoms with Crippen LogP contribution in [0.1, 0.15) is 19.3 Å². The molecule has 2 heterocycles. The van der Waals surface area contributed by atoms with E-state index < -0.39 is 10.8 Å². The van der Waals surface area contributed by atoms with Crippen molar-refractivity contribution in [2.75, 3.05) is 18.1 Å². The average Bonchev–Trinajstić information content (AvgIpc) is 2.75. The van der Waals surface area contributed by atoms with Gasteiger partial charge in [0.25, 0.3) is 0 Å². The second kappa shape index (κ2) is 4.40. The van der Waals surface area contributed by atoms with Gasteiger partial charge in [-0.05, 0) is 25.8 Å². The predicted octanol–water partition coefficient (Wildman–Crippen LogP) is -0.624. The first-order valence-electron chi connectivity index (χ1n) is 5.14. The number of carbonyl (C=O) groups is 1. The number of hydrogen-bond acceptors (Lipinski definition) is 3. The Balaban J connectivity index is 1.79. The summed E-state index contributed by atoms with van der Waals surface area (Å²) in [5.41, 5.74) is 0. The van der Waals surface area contributed by atoms with Crippen LogP contribution in [0.3, 0.4) is 0 Å². The Morgan fingerprint density at radius 1 is 1.43 bits per heavy atom. The standard InChI is InChI=1S/C9H16N2O2S/c12-9(8-2-1-4-10-8)11-7-3-5-14(13)6-7/h7-8,10H,1-6H2,(H,11,12)/t7?,8-,14?/m0/s1. The molecule has 5 heteroatoms. The van der Waals surface area contributed by atoms with Crippen LogP contribution in [0, 0.1) is 0 Å².